The number of carbonyl (C=O) groups excluding carboxylic acids is 2. The number of para-hydroxylation sites is 1. The van der Waals surface area contributed by atoms with E-state index in [1.807, 2.05) is 18.2 Å². The van der Waals surface area contributed by atoms with E-state index >= 15 is 0 Å². The second-order valence-corrected chi connectivity index (χ2v) is 6.01. The van der Waals surface area contributed by atoms with Crippen LogP contribution in [-0.2, 0) is 4.79 Å². The third-order valence-corrected chi connectivity index (χ3v) is 4.12. The van der Waals surface area contributed by atoms with Gasteiger partial charge in [-0.2, -0.15) is 0 Å². The average Bonchev–Trinajstić information content (AvgIpc) is 2.68. The molecule has 5 nitrogen and oxygen atoms in total. The summed E-state index contributed by atoms with van der Waals surface area (Å²) in [7, 11) is 0. The van der Waals surface area contributed by atoms with Crippen molar-refractivity contribution in [2.75, 3.05) is 29.9 Å². The van der Waals surface area contributed by atoms with E-state index in [1.165, 1.54) is 5.69 Å². The summed E-state index contributed by atoms with van der Waals surface area (Å²) < 4.78 is 0. The molecule has 0 radical (unpaired) electrons. The van der Waals surface area contributed by atoms with Gasteiger partial charge >= 0.3 is 0 Å². The Morgan fingerprint density at radius 3 is 2.46 bits per heavy atom. The van der Waals surface area contributed by atoms with Crippen molar-refractivity contribution in [2.45, 2.75) is 26.7 Å². The minimum Gasteiger partial charge on any atom is -0.372 e. The predicted octanol–water partition coefficient (Wildman–Crippen LogP) is 3.68. The molecule has 0 aliphatic rings. The van der Waals surface area contributed by atoms with Crippen LogP contribution in [0.2, 0.25) is 0 Å². The zero-order chi connectivity index (χ0) is 18.8. The van der Waals surface area contributed by atoms with Crippen LogP contribution in [0.1, 0.15) is 37.0 Å². The molecule has 26 heavy (non-hydrogen) atoms. The number of anilines is 2. The molecule has 0 saturated heterocycles. The van der Waals surface area contributed by atoms with Crippen LogP contribution in [0.15, 0.2) is 54.6 Å². The van der Waals surface area contributed by atoms with Gasteiger partial charge in [-0.1, -0.05) is 31.2 Å². The van der Waals surface area contributed by atoms with Crippen LogP contribution in [0, 0.1) is 0 Å². The molecular weight excluding hydrogens is 326 g/mol. The minimum atomic E-state index is -0.125. The van der Waals surface area contributed by atoms with Crippen molar-refractivity contribution < 1.29 is 9.59 Å². The van der Waals surface area contributed by atoms with Crippen LogP contribution in [0.3, 0.4) is 0 Å². The summed E-state index contributed by atoms with van der Waals surface area (Å²) in [5.41, 5.74) is 2.39. The summed E-state index contributed by atoms with van der Waals surface area (Å²) in [5, 5.41) is 5.72. The smallest absolute Gasteiger partial charge is 0.251 e. The van der Waals surface area contributed by atoms with Gasteiger partial charge in [0.1, 0.15) is 0 Å². The van der Waals surface area contributed by atoms with Gasteiger partial charge in [-0.25, -0.2) is 0 Å². The monoisotopic (exact) mass is 353 g/mol. The predicted molar refractivity (Wildman–Crippen MR) is 107 cm³/mol. The highest BCUT2D eigenvalue weighted by molar-refractivity contribution is 5.97. The van der Waals surface area contributed by atoms with E-state index in [0.717, 1.165) is 19.5 Å². The third-order valence-electron chi connectivity index (χ3n) is 4.12. The van der Waals surface area contributed by atoms with Crippen LogP contribution in [-0.4, -0.2) is 31.4 Å². The fourth-order valence-electron chi connectivity index (χ4n) is 2.67. The molecule has 2 rings (SSSR count). The van der Waals surface area contributed by atoms with Gasteiger partial charge in [0.15, 0.2) is 0 Å². The number of nitrogens with one attached hydrogen (secondary N) is 2. The van der Waals surface area contributed by atoms with Crippen molar-refractivity contribution in [3.63, 3.8) is 0 Å². The van der Waals surface area contributed by atoms with Gasteiger partial charge in [-0.05, 0) is 43.7 Å². The topological polar surface area (TPSA) is 61.4 Å². The number of benzene rings is 2. The van der Waals surface area contributed by atoms with Gasteiger partial charge in [-0.15, -0.1) is 0 Å². The number of nitrogens with zero attached hydrogens (tertiary/aromatic N) is 1. The molecule has 0 fully saturated rings. The number of carbonyl (C=O) groups is 2. The number of rotatable bonds is 9. The molecule has 0 aliphatic carbocycles. The second kappa shape index (κ2) is 10.2. The van der Waals surface area contributed by atoms with Gasteiger partial charge in [0.2, 0.25) is 5.91 Å². The van der Waals surface area contributed by atoms with Gasteiger partial charge in [-0.3, -0.25) is 9.59 Å². The molecule has 0 saturated carbocycles. The first kappa shape index (κ1) is 19.5. The summed E-state index contributed by atoms with van der Waals surface area (Å²) in [5.74, 6) is -0.191. The molecule has 138 valence electrons. The lowest BCUT2D eigenvalue weighted by atomic mass is 10.2. The Morgan fingerprint density at radius 2 is 1.77 bits per heavy atom. The van der Waals surface area contributed by atoms with Crippen LogP contribution >= 0.6 is 0 Å². The summed E-state index contributed by atoms with van der Waals surface area (Å²) in [6.07, 6.45) is 1.27. The average molecular weight is 353 g/mol. The summed E-state index contributed by atoms with van der Waals surface area (Å²) in [6.45, 7) is 6.33. The largest absolute Gasteiger partial charge is 0.372 e. The Kier molecular flexibility index (Phi) is 7.68. The number of hydrogen-bond acceptors (Lipinski definition) is 3. The number of hydrogen-bond donors (Lipinski definition) is 2. The highest BCUT2D eigenvalue weighted by atomic mass is 16.2. The van der Waals surface area contributed by atoms with Crippen LogP contribution in [0.5, 0.6) is 0 Å². The molecule has 0 bridgehead atoms. The van der Waals surface area contributed by atoms with Crippen molar-refractivity contribution in [1.29, 1.82) is 0 Å². The molecule has 0 aliphatic heterocycles. The molecule has 2 aromatic rings. The molecule has 0 atom stereocenters. The van der Waals surface area contributed by atoms with E-state index in [2.05, 4.69) is 34.6 Å². The highest BCUT2D eigenvalue weighted by Gasteiger charge is 2.08. The van der Waals surface area contributed by atoms with Crippen LogP contribution in [0.25, 0.3) is 0 Å². The van der Waals surface area contributed by atoms with E-state index in [9.17, 15) is 9.59 Å². The Hall–Kier alpha value is -2.82. The van der Waals surface area contributed by atoms with Crippen molar-refractivity contribution in [2.24, 2.45) is 0 Å². The van der Waals surface area contributed by atoms with Gasteiger partial charge in [0.05, 0.1) is 0 Å². The Labute approximate surface area is 155 Å². The third kappa shape index (κ3) is 5.92. The fraction of sp³-hybridized carbons (Fsp3) is 0.333. The maximum absolute atomic E-state index is 12.3. The lowest BCUT2D eigenvalue weighted by Gasteiger charge is -2.23. The first-order valence-electron chi connectivity index (χ1n) is 9.12. The minimum absolute atomic E-state index is 0.0665. The lowest BCUT2D eigenvalue weighted by molar-refractivity contribution is -0.115. The first-order valence-corrected chi connectivity index (χ1v) is 9.12. The summed E-state index contributed by atoms with van der Waals surface area (Å²) >= 11 is 0. The van der Waals surface area contributed by atoms with E-state index in [0.29, 0.717) is 24.2 Å². The van der Waals surface area contributed by atoms with Crippen molar-refractivity contribution in [3.8, 4) is 0 Å². The molecule has 0 aromatic heterocycles. The fourth-order valence-corrected chi connectivity index (χ4v) is 2.67. The van der Waals surface area contributed by atoms with Crippen molar-refractivity contribution >= 4 is 23.2 Å². The van der Waals surface area contributed by atoms with Crippen molar-refractivity contribution in [1.82, 2.24) is 5.32 Å². The molecule has 2 N–H and O–H groups in total. The molecule has 0 unspecified atom stereocenters. The molecule has 0 heterocycles. The molecule has 2 amide bonds. The van der Waals surface area contributed by atoms with Gasteiger partial charge in [0.25, 0.3) is 5.91 Å². The van der Waals surface area contributed by atoms with Gasteiger partial charge < -0.3 is 15.5 Å². The molecule has 0 spiro atoms. The van der Waals surface area contributed by atoms with E-state index in [4.69, 9.17) is 0 Å². The Morgan fingerprint density at radius 1 is 1.00 bits per heavy atom. The maximum atomic E-state index is 12.3. The lowest BCUT2D eigenvalue weighted by Crippen LogP contribution is -2.30. The SMILES string of the molecule is CCC(=O)Nc1cccc(C(=O)NCCCN(CC)c2ccccc2)c1. The summed E-state index contributed by atoms with van der Waals surface area (Å²) in [6, 6.07) is 17.3. The Bertz CT molecular complexity index is 716. The first-order chi connectivity index (χ1) is 12.6. The standard InChI is InChI=1S/C21H27N3O2/c1-3-20(25)23-18-11-8-10-17(16-18)21(26)22-14-9-15-24(4-2)19-12-6-5-7-13-19/h5-8,10-13,16H,3-4,9,14-15H2,1-2H3,(H,22,26)(H,23,25). The maximum Gasteiger partial charge on any atom is 0.251 e. The van der Waals surface area contributed by atoms with Crippen LogP contribution in [0.4, 0.5) is 11.4 Å². The molecular formula is C21H27N3O2. The molecule has 5 heteroatoms. The van der Waals surface area contributed by atoms with Crippen molar-refractivity contribution in [3.05, 3.63) is 60.2 Å². The Balaban J connectivity index is 1.81. The second-order valence-electron chi connectivity index (χ2n) is 6.01. The van der Waals surface area contributed by atoms with E-state index < -0.39 is 0 Å². The van der Waals surface area contributed by atoms with E-state index in [-0.39, 0.29) is 11.8 Å². The zero-order valence-corrected chi connectivity index (χ0v) is 15.5. The number of amides is 2. The van der Waals surface area contributed by atoms with Crippen LogP contribution < -0.4 is 15.5 Å². The normalized spacial score (nSPS) is 10.2. The van der Waals surface area contributed by atoms with E-state index in [1.54, 1.807) is 31.2 Å². The quantitative estimate of drug-likeness (QED) is 0.676. The zero-order valence-electron chi connectivity index (χ0n) is 15.5. The van der Waals surface area contributed by atoms with Gasteiger partial charge in [0, 0.05) is 43.0 Å². The highest BCUT2D eigenvalue weighted by Crippen LogP contribution is 2.13. The summed E-state index contributed by atoms with van der Waals surface area (Å²) in [4.78, 5) is 26.0. The molecule has 2 aromatic carbocycles.